The molecule has 0 aromatic heterocycles. The number of carbonyl (C=O) groups is 2. The van der Waals surface area contributed by atoms with Crippen LogP contribution in [0.4, 0.5) is 0 Å². The van der Waals surface area contributed by atoms with Crippen LogP contribution in [0.2, 0.25) is 0 Å². The maximum absolute atomic E-state index is 12.7. The molecule has 0 heterocycles. The van der Waals surface area contributed by atoms with Gasteiger partial charge in [-0.05, 0) is 40.5 Å². The smallest absolute Gasteiger partial charge is 0.341 e. The summed E-state index contributed by atoms with van der Waals surface area (Å²) in [5, 5.41) is 0. The summed E-state index contributed by atoms with van der Waals surface area (Å²) < 4.78 is 22.0. The highest BCUT2D eigenvalue weighted by Gasteiger charge is 2.59. The summed E-state index contributed by atoms with van der Waals surface area (Å²) in [6.45, 7) is 11.6. The van der Waals surface area contributed by atoms with Crippen molar-refractivity contribution in [2.45, 2.75) is 78.4 Å². The molecule has 0 saturated heterocycles. The molecule has 0 spiro atoms. The summed E-state index contributed by atoms with van der Waals surface area (Å²) in [6.07, 6.45) is 3.31. The molecular formula is C18H34O6. The van der Waals surface area contributed by atoms with Gasteiger partial charge in [-0.1, -0.05) is 26.7 Å². The van der Waals surface area contributed by atoms with Crippen LogP contribution in [0.25, 0.3) is 0 Å². The van der Waals surface area contributed by atoms with Crippen LogP contribution in [-0.4, -0.2) is 49.6 Å². The Morgan fingerprint density at radius 3 is 1.29 bits per heavy atom. The van der Waals surface area contributed by atoms with E-state index in [0.29, 0.717) is 0 Å². The number of hydrogen-bond donors (Lipinski definition) is 0. The van der Waals surface area contributed by atoms with Crippen molar-refractivity contribution in [2.75, 3.05) is 26.4 Å². The molecule has 0 aromatic carbocycles. The van der Waals surface area contributed by atoms with Crippen LogP contribution < -0.4 is 0 Å². The lowest BCUT2D eigenvalue weighted by molar-refractivity contribution is -0.226. The zero-order valence-electron chi connectivity index (χ0n) is 16.1. The standard InChI is InChI=1S/C18H34O6/c1-7-11-13-21-15(19)17(5,23-9-3)18(6,24-10-4)16(20)22-14-12-8-2/h7-14H2,1-6H3. The minimum atomic E-state index is -1.57. The normalized spacial score (nSPS) is 16.1. The first kappa shape index (κ1) is 22.9. The Bertz CT molecular complexity index is 348. The first-order valence-electron chi connectivity index (χ1n) is 8.96. The van der Waals surface area contributed by atoms with E-state index >= 15 is 0 Å². The molecule has 0 rings (SSSR count). The molecule has 0 aliphatic rings. The second-order valence-corrected chi connectivity index (χ2v) is 5.91. The van der Waals surface area contributed by atoms with Gasteiger partial charge in [0.05, 0.1) is 13.2 Å². The van der Waals surface area contributed by atoms with Gasteiger partial charge in [0, 0.05) is 13.2 Å². The highest BCUT2D eigenvalue weighted by molar-refractivity contribution is 5.92. The van der Waals surface area contributed by atoms with Crippen LogP contribution in [-0.2, 0) is 28.5 Å². The molecule has 0 amide bonds. The number of unbranched alkanes of at least 4 members (excludes halogenated alkanes) is 2. The third kappa shape index (κ3) is 5.74. The zero-order chi connectivity index (χ0) is 18.6. The molecule has 2 unspecified atom stereocenters. The number of carbonyl (C=O) groups excluding carboxylic acids is 2. The molecule has 24 heavy (non-hydrogen) atoms. The Hall–Kier alpha value is -1.14. The average Bonchev–Trinajstić information content (AvgIpc) is 2.55. The van der Waals surface area contributed by atoms with E-state index in [4.69, 9.17) is 18.9 Å². The van der Waals surface area contributed by atoms with Gasteiger partial charge in [-0.25, -0.2) is 9.59 Å². The van der Waals surface area contributed by atoms with Gasteiger partial charge in [-0.2, -0.15) is 0 Å². The molecule has 2 atom stereocenters. The van der Waals surface area contributed by atoms with Gasteiger partial charge in [0.25, 0.3) is 0 Å². The summed E-state index contributed by atoms with van der Waals surface area (Å²) >= 11 is 0. The highest BCUT2D eigenvalue weighted by atomic mass is 16.6. The maximum atomic E-state index is 12.7. The molecule has 0 aliphatic carbocycles. The molecule has 0 aromatic rings. The highest BCUT2D eigenvalue weighted by Crippen LogP contribution is 2.33. The van der Waals surface area contributed by atoms with E-state index in [2.05, 4.69) is 0 Å². The summed E-state index contributed by atoms with van der Waals surface area (Å²) in [7, 11) is 0. The molecule has 0 aliphatic heterocycles. The first-order valence-corrected chi connectivity index (χ1v) is 8.96. The molecule has 6 heteroatoms. The zero-order valence-corrected chi connectivity index (χ0v) is 16.1. The van der Waals surface area contributed by atoms with E-state index in [1.54, 1.807) is 13.8 Å². The number of esters is 2. The van der Waals surface area contributed by atoms with Gasteiger partial charge >= 0.3 is 11.9 Å². The molecule has 0 radical (unpaired) electrons. The number of hydrogen-bond acceptors (Lipinski definition) is 6. The molecular weight excluding hydrogens is 312 g/mol. The lowest BCUT2D eigenvalue weighted by Crippen LogP contribution is -2.64. The van der Waals surface area contributed by atoms with Gasteiger partial charge < -0.3 is 18.9 Å². The van der Waals surface area contributed by atoms with Gasteiger partial charge in [0.15, 0.2) is 0 Å². The Kier molecular flexibility index (Phi) is 10.9. The molecule has 0 bridgehead atoms. The minimum Gasteiger partial charge on any atom is -0.463 e. The van der Waals surface area contributed by atoms with Gasteiger partial charge in [-0.3, -0.25) is 0 Å². The van der Waals surface area contributed by atoms with Crippen LogP contribution >= 0.6 is 0 Å². The van der Waals surface area contributed by atoms with Crippen molar-refractivity contribution >= 4 is 11.9 Å². The van der Waals surface area contributed by atoms with Crippen molar-refractivity contribution in [3.63, 3.8) is 0 Å². The Morgan fingerprint density at radius 2 is 1.04 bits per heavy atom. The fourth-order valence-corrected chi connectivity index (χ4v) is 2.25. The van der Waals surface area contributed by atoms with E-state index in [1.807, 2.05) is 13.8 Å². The number of rotatable bonds is 13. The fourth-order valence-electron chi connectivity index (χ4n) is 2.25. The van der Waals surface area contributed by atoms with Crippen molar-refractivity contribution in [1.82, 2.24) is 0 Å². The van der Waals surface area contributed by atoms with E-state index in [-0.39, 0.29) is 26.4 Å². The van der Waals surface area contributed by atoms with E-state index in [0.717, 1.165) is 25.7 Å². The second-order valence-electron chi connectivity index (χ2n) is 5.91. The maximum Gasteiger partial charge on any atom is 0.341 e. The van der Waals surface area contributed by atoms with Crippen LogP contribution in [0, 0.1) is 0 Å². The van der Waals surface area contributed by atoms with Crippen molar-refractivity contribution < 1.29 is 28.5 Å². The van der Waals surface area contributed by atoms with Crippen molar-refractivity contribution in [2.24, 2.45) is 0 Å². The Labute approximate surface area is 146 Å². The molecule has 0 fully saturated rings. The predicted molar refractivity (Wildman–Crippen MR) is 91.8 cm³/mol. The van der Waals surface area contributed by atoms with Crippen LogP contribution in [0.1, 0.15) is 67.2 Å². The summed E-state index contributed by atoms with van der Waals surface area (Å²) in [5.41, 5.74) is -3.15. The topological polar surface area (TPSA) is 71.1 Å². The average molecular weight is 346 g/mol. The largest absolute Gasteiger partial charge is 0.463 e. The van der Waals surface area contributed by atoms with Crippen molar-refractivity contribution in [3.05, 3.63) is 0 Å². The van der Waals surface area contributed by atoms with E-state index in [1.165, 1.54) is 13.8 Å². The van der Waals surface area contributed by atoms with Gasteiger partial charge in [0.1, 0.15) is 0 Å². The third-order valence-corrected chi connectivity index (χ3v) is 4.02. The summed E-state index contributed by atoms with van der Waals surface area (Å²) in [4.78, 5) is 25.3. The van der Waals surface area contributed by atoms with E-state index < -0.39 is 23.1 Å². The Balaban J connectivity index is 5.44. The minimum absolute atomic E-state index is 0.240. The first-order chi connectivity index (χ1) is 11.3. The second kappa shape index (κ2) is 11.4. The lowest BCUT2D eigenvalue weighted by Gasteiger charge is -2.41. The van der Waals surface area contributed by atoms with Crippen molar-refractivity contribution in [3.8, 4) is 0 Å². The van der Waals surface area contributed by atoms with E-state index in [9.17, 15) is 9.59 Å². The molecule has 0 saturated carbocycles. The van der Waals surface area contributed by atoms with Crippen LogP contribution in [0.3, 0.4) is 0 Å². The number of ether oxygens (including phenoxy) is 4. The van der Waals surface area contributed by atoms with Gasteiger partial charge in [-0.15, -0.1) is 0 Å². The SMILES string of the molecule is CCCCOC(=O)C(C)(OCC)C(C)(OCC)C(=O)OCCCC. The quantitative estimate of drug-likeness (QED) is 0.376. The fraction of sp³-hybridized carbons (Fsp3) is 0.889. The molecule has 6 nitrogen and oxygen atoms in total. The lowest BCUT2D eigenvalue weighted by atomic mass is 9.85. The monoisotopic (exact) mass is 346 g/mol. The van der Waals surface area contributed by atoms with Gasteiger partial charge in [0.2, 0.25) is 11.2 Å². The van der Waals surface area contributed by atoms with Crippen molar-refractivity contribution in [1.29, 1.82) is 0 Å². The molecule has 142 valence electrons. The Morgan fingerprint density at radius 1 is 0.708 bits per heavy atom. The molecule has 0 N–H and O–H groups in total. The van der Waals surface area contributed by atoms with Crippen LogP contribution in [0.5, 0.6) is 0 Å². The summed E-state index contributed by atoms with van der Waals surface area (Å²) in [5.74, 6) is -1.22. The summed E-state index contributed by atoms with van der Waals surface area (Å²) in [6, 6.07) is 0. The third-order valence-electron chi connectivity index (χ3n) is 4.02. The van der Waals surface area contributed by atoms with Crippen LogP contribution in [0.15, 0.2) is 0 Å². The predicted octanol–water partition coefficient (Wildman–Crippen LogP) is 3.26.